The number of nitrogens with zero attached hydrogens (tertiary/aromatic N) is 1. The van der Waals surface area contributed by atoms with E-state index in [9.17, 15) is 9.59 Å². The Morgan fingerprint density at radius 3 is 2.22 bits per heavy atom. The zero-order valence-electron chi connectivity index (χ0n) is 16.2. The standard InChI is InChI=1S/C23H30N2O2/c1-14-5-4-6-19(20(14)23(27)25-7-2-3-8-25)24-22(26)21-17-10-15-9-16(12-17)13-18(21)11-15/h4-6,15-18,21H,2-3,7-13H2,1H3,(H,24,26). The number of carbonyl (C=O) groups excluding carboxylic acids is 2. The van der Waals surface area contributed by atoms with Crippen molar-refractivity contribution in [1.29, 1.82) is 0 Å². The van der Waals surface area contributed by atoms with Crippen LogP contribution in [0.4, 0.5) is 5.69 Å². The highest BCUT2D eigenvalue weighted by molar-refractivity contribution is 6.05. The molecule has 4 saturated carbocycles. The number of carbonyl (C=O) groups is 2. The summed E-state index contributed by atoms with van der Waals surface area (Å²) < 4.78 is 0. The van der Waals surface area contributed by atoms with Gasteiger partial charge < -0.3 is 10.2 Å². The van der Waals surface area contributed by atoms with Crippen molar-refractivity contribution in [3.8, 4) is 0 Å². The van der Waals surface area contributed by atoms with Gasteiger partial charge in [0.15, 0.2) is 0 Å². The van der Waals surface area contributed by atoms with Gasteiger partial charge in [-0.1, -0.05) is 12.1 Å². The Kier molecular flexibility index (Phi) is 4.25. The van der Waals surface area contributed by atoms with Gasteiger partial charge in [-0.3, -0.25) is 9.59 Å². The number of benzene rings is 1. The largest absolute Gasteiger partial charge is 0.339 e. The molecule has 5 aliphatic rings. The summed E-state index contributed by atoms with van der Waals surface area (Å²) in [5.41, 5.74) is 2.36. The molecule has 4 aliphatic carbocycles. The van der Waals surface area contributed by atoms with Crippen LogP contribution in [0.3, 0.4) is 0 Å². The third-order valence-corrected chi connectivity index (χ3v) is 7.67. The minimum atomic E-state index is 0.0750. The van der Waals surface area contributed by atoms with E-state index in [0.717, 1.165) is 43.3 Å². The summed E-state index contributed by atoms with van der Waals surface area (Å²) in [6.07, 6.45) is 8.49. The number of nitrogens with one attached hydrogen (secondary N) is 1. The average molecular weight is 367 g/mol. The van der Waals surface area contributed by atoms with E-state index >= 15 is 0 Å². The van der Waals surface area contributed by atoms with Crippen LogP contribution in [0.1, 0.15) is 60.9 Å². The molecule has 0 atom stereocenters. The van der Waals surface area contributed by atoms with Crippen molar-refractivity contribution in [3.05, 3.63) is 29.3 Å². The Morgan fingerprint density at radius 1 is 0.963 bits per heavy atom. The third kappa shape index (κ3) is 2.97. The molecule has 0 unspecified atom stereocenters. The smallest absolute Gasteiger partial charge is 0.256 e. The first kappa shape index (κ1) is 17.3. The van der Waals surface area contributed by atoms with Crippen LogP contribution in [-0.4, -0.2) is 29.8 Å². The first-order chi connectivity index (χ1) is 13.1. The number of hydrogen-bond acceptors (Lipinski definition) is 2. The van der Waals surface area contributed by atoms with E-state index in [2.05, 4.69) is 5.32 Å². The molecule has 4 bridgehead atoms. The monoisotopic (exact) mass is 366 g/mol. The minimum absolute atomic E-state index is 0.0750. The molecule has 1 aromatic carbocycles. The predicted octanol–water partition coefficient (Wildman–Crippen LogP) is 4.24. The molecule has 144 valence electrons. The fourth-order valence-corrected chi connectivity index (χ4v) is 6.70. The maximum absolute atomic E-state index is 13.3. The lowest BCUT2D eigenvalue weighted by Crippen LogP contribution is -2.49. The number of likely N-dealkylation sites (tertiary alicyclic amines) is 1. The lowest BCUT2D eigenvalue weighted by molar-refractivity contribution is -0.132. The Balaban J connectivity index is 1.38. The maximum atomic E-state index is 13.3. The SMILES string of the molecule is Cc1cccc(NC(=O)C2C3CC4CC(C3)CC2C4)c1C(=O)N1CCCC1. The lowest BCUT2D eigenvalue weighted by atomic mass is 9.51. The van der Waals surface area contributed by atoms with Crippen LogP contribution >= 0.6 is 0 Å². The van der Waals surface area contributed by atoms with Crippen molar-refractivity contribution in [1.82, 2.24) is 4.90 Å². The van der Waals surface area contributed by atoms with E-state index in [1.807, 2.05) is 30.0 Å². The first-order valence-electron chi connectivity index (χ1n) is 10.8. The molecular formula is C23H30N2O2. The van der Waals surface area contributed by atoms with Crippen LogP contribution in [0, 0.1) is 36.5 Å². The fourth-order valence-electron chi connectivity index (χ4n) is 6.70. The van der Waals surface area contributed by atoms with Crippen LogP contribution < -0.4 is 5.32 Å². The molecule has 27 heavy (non-hydrogen) atoms. The normalized spacial score (nSPS) is 34.1. The van der Waals surface area contributed by atoms with E-state index in [4.69, 9.17) is 0 Å². The molecule has 5 fully saturated rings. The van der Waals surface area contributed by atoms with Crippen molar-refractivity contribution in [2.75, 3.05) is 18.4 Å². The highest BCUT2D eigenvalue weighted by Crippen LogP contribution is 2.56. The lowest BCUT2D eigenvalue weighted by Gasteiger charge is -2.53. The zero-order chi connectivity index (χ0) is 18.5. The Bertz CT molecular complexity index is 738. The molecule has 1 aromatic rings. The van der Waals surface area contributed by atoms with Crippen molar-refractivity contribution in [2.45, 2.75) is 51.9 Å². The average Bonchev–Trinajstić information content (AvgIpc) is 3.15. The van der Waals surface area contributed by atoms with Gasteiger partial charge in [0.25, 0.3) is 5.91 Å². The van der Waals surface area contributed by atoms with Gasteiger partial charge in [0.05, 0.1) is 11.3 Å². The molecule has 0 aromatic heterocycles. The summed E-state index contributed by atoms with van der Waals surface area (Å²) in [6, 6.07) is 5.83. The third-order valence-electron chi connectivity index (χ3n) is 7.67. The molecule has 2 amide bonds. The van der Waals surface area contributed by atoms with E-state index in [1.54, 1.807) is 0 Å². The van der Waals surface area contributed by atoms with Gasteiger partial charge in [0, 0.05) is 19.0 Å². The van der Waals surface area contributed by atoms with Crippen LogP contribution in [0.15, 0.2) is 18.2 Å². The van der Waals surface area contributed by atoms with Crippen molar-refractivity contribution in [3.63, 3.8) is 0 Å². The zero-order valence-corrected chi connectivity index (χ0v) is 16.2. The summed E-state index contributed by atoms with van der Waals surface area (Å²) >= 11 is 0. The Labute approximate surface area is 161 Å². The Morgan fingerprint density at radius 2 is 1.59 bits per heavy atom. The van der Waals surface area contributed by atoms with Gasteiger partial charge in [0.2, 0.25) is 5.91 Å². The van der Waals surface area contributed by atoms with E-state index in [-0.39, 0.29) is 17.7 Å². The molecule has 1 N–H and O–H groups in total. The highest BCUT2D eigenvalue weighted by Gasteiger charge is 2.50. The molecule has 0 spiro atoms. The van der Waals surface area contributed by atoms with Gasteiger partial charge in [0.1, 0.15) is 0 Å². The highest BCUT2D eigenvalue weighted by atomic mass is 16.2. The van der Waals surface area contributed by atoms with Crippen LogP contribution in [-0.2, 0) is 4.79 Å². The summed E-state index contributed by atoms with van der Waals surface area (Å²) in [7, 11) is 0. The van der Waals surface area contributed by atoms with Gasteiger partial charge >= 0.3 is 0 Å². The second-order valence-electron chi connectivity index (χ2n) is 9.44. The van der Waals surface area contributed by atoms with Gasteiger partial charge in [-0.05, 0) is 87.2 Å². The number of amides is 2. The maximum Gasteiger partial charge on any atom is 0.256 e. The Hall–Kier alpha value is -1.84. The molecule has 0 radical (unpaired) electrons. The summed E-state index contributed by atoms with van der Waals surface area (Å²) in [4.78, 5) is 28.3. The quantitative estimate of drug-likeness (QED) is 0.870. The van der Waals surface area contributed by atoms with Gasteiger partial charge in [-0.2, -0.15) is 0 Å². The van der Waals surface area contributed by atoms with E-state index in [0.29, 0.717) is 23.1 Å². The molecule has 4 nitrogen and oxygen atoms in total. The van der Waals surface area contributed by atoms with Crippen molar-refractivity contribution >= 4 is 17.5 Å². The summed E-state index contributed by atoms with van der Waals surface area (Å²) in [6.45, 7) is 3.63. The number of anilines is 1. The van der Waals surface area contributed by atoms with Crippen LogP contribution in [0.5, 0.6) is 0 Å². The molecule has 1 heterocycles. The predicted molar refractivity (Wildman–Crippen MR) is 105 cm³/mol. The van der Waals surface area contributed by atoms with E-state index in [1.165, 1.54) is 32.1 Å². The van der Waals surface area contributed by atoms with Crippen LogP contribution in [0.25, 0.3) is 0 Å². The summed E-state index contributed by atoms with van der Waals surface area (Å²) in [5.74, 6) is 3.22. The first-order valence-corrected chi connectivity index (χ1v) is 10.8. The topological polar surface area (TPSA) is 49.4 Å². The van der Waals surface area contributed by atoms with Crippen molar-refractivity contribution in [2.24, 2.45) is 29.6 Å². The molecular weight excluding hydrogens is 336 g/mol. The fraction of sp³-hybridized carbons (Fsp3) is 0.652. The minimum Gasteiger partial charge on any atom is -0.339 e. The molecule has 1 saturated heterocycles. The molecule has 6 rings (SSSR count). The number of hydrogen-bond donors (Lipinski definition) is 1. The van der Waals surface area contributed by atoms with Gasteiger partial charge in [-0.25, -0.2) is 0 Å². The molecule has 1 aliphatic heterocycles. The van der Waals surface area contributed by atoms with Crippen LogP contribution in [0.2, 0.25) is 0 Å². The number of rotatable bonds is 3. The van der Waals surface area contributed by atoms with Gasteiger partial charge in [-0.15, -0.1) is 0 Å². The second kappa shape index (κ2) is 6.65. The number of aryl methyl sites for hydroxylation is 1. The molecule has 4 heteroatoms. The summed E-state index contributed by atoms with van der Waals surface area (Å²) in [5, 5.41) is 3.20. The van der Waals surface area contributed by atoms with E-state index < -0.39 is 0 Å². The second-order valence-corrected chi connectivity index (χ2v) is 9.44. The van der Waals surface area contributed by atoms with Crippen molar-refractivity contribution < 1.29 is 9.59 Å².